The van der Waals surface area contributed by atoms with Crippen LogP contribution in [-0.4, -0.2) is 39.4 Å². The fourth-order valence-corrected chi connectivity index (χ4v) is 4.61. The smallest absolute Gasteiger partial charge is 0.338 e. The Labute approximate surface area is 191 Å². The number of benzene rings is 2. The number of esters is 1. The maximum absolute atomic E-state index is 12.0. The molecule has 0 spiro atoms. The molecule has 2 N–H and O–H groups in total. The highest BCUT2D eigenvalue weighted by Crippen LogP contribution is 2.35. The van der Waals surface area contributed by atoms with Crippen LogP contribution in [0.15, 0.2) is 60.4 Å². The molecule has 0 aliphatic carbocycles. The first-order chi connectivity index (χ1) is 15.3. The van der Waals surface area contributed by atoms with Gasteiger partial charge in [-0.15, -0.1) is 11.3 Å². The number of aliphatic hydroxyl groups is 1. The Morgan fingerprint density at radius 2 is 1.88 bits per heavy atom. The molecule has 164 valence electrons. The molecule has 0 saturated carbocycles. The lowest BCUT2D eigenvalue weighted by Crippen LogP contribution is -2.26. The van der Waals surface area contributed by atoms with Gasteiger partial charge in [0, 0.05) is 17.0 Å². The van der Waals surface area contributed by atoms with E-state index in [0.29, 0.717) is 22.7 Å². The fraction of sp³-hybridized carbons (Fsp3) is 0.240. The van der Waals surface area contributed by atoms with E-state index in [1.165, 1.54) is 11.3 Å². The number of aryl methyl sites for hydroxylation is 1. The lowest BCUT2D eigenvalue weighted by atomic mass is 10.1. The summed E-state index contributed by atoms with van der Waals surface area (Å²) in [7, 11) is 0. The summed E-state index contributed by atoms with van der Waals surface area (Å²) in [5, 5.41) is 19.9. The van der Waals surface area contributed by atoms with E-state index < -0.39 is 0 Å². The van der Waals surface area contributed by atoms with E-state index in [1.54, 1.807) is 17.0 Å². The summed E-state index contributed by atoms with van der Waals surface area (Å²) >= 11 is 1.48. The second-order valence-corrected chi connectivity index (χ2v) is 9.17. The number of carbonyl (C=O) groups is 1. The molecular weight excluding hydrogens is 422 g/mol. The minimum atomic E-state index is -0.351. The Balaban J connectivity index is 1.49. The van der Waals surface area contributed by atoms with Gasteiger partial charge in [-0.05, 0) is 38.5 Å². The van der Waals surface area contributed by atoms with E-state index in [2.05, 4.69) is 0 Å². The Bertz CT molecular complexity index is 1180. The van der Waals surface area contributed by atoms with Gasteiger partial charge >= 0.3 is 5.97 Å². The Kier molecular flexibility index (Phi) is 6.10. The van der Waals surface area contributed by atoms with Crippen LogP contribution in [0.25, 0.3) is 16.8 Å². The third-order valence-corrected chi connectivity index (χ3v) is 6.13. The van der Waals surface area contributed by atoms with Gasteiger partial charge in [0.25, 0.3) is 0 Å². The highest BCUT2D eigenvalue weighted by Gasteiger charge is 2.31. The van der Waals surface area contributed by atoms with Gasteiger partial charge in [-0.2, -0.15) is 0 Å². The van der Waals surface area contributed by atoms with Gasteiger partial charge in [-0.25, -0.2) is 9.78 Å². The van der Waals surface area contributed by atoms with E-state index >= 15 is 0 Å². The fourth-order valence-electron chi connectivity index (χ4n) is 3.61. The van der Waals surface area contributed by atoms with Crippen molar-refractivity contribution in [2.24, 2.45) is 0 Å². The minimum Gasteiger partial charge on any atom is -0.510 e. The van der Waals surface area contributed by atoms with E-state index in [4.69, 9.17) is 15.1 Å². The van der Waals surface area contributed by atoms with Crippen molar-refractivity contribution in [2.75, 3.05) is 6.54 Å². The van der Waals surface area contributed by atoms with Crippen LogP contribution in [0.4, 0.5) is 0 Å². The quantitative estimate of drug-likeness (QED) is 0.491. The van der Waals surface area contributed by atoms with Crippen LogP contribution in [0.3, 0.4) is 0 Å². The zero-order chi connectivity index (χ0) is 22.8. The van der Waals surface area contributed by atoms with Crippen molar-refractivity contribution in [3.8, 4) is 11.3 Å². The van der Waals surface area contributed by atoms with Gasteiger partial charge in [-0.3, -0.25) is 5.41 Å². The minimum absolute atomic E-state index is 0.153. The molecule has 0 saturated heterocycles. The number of rotatable bonds is 6. The Morgan fingerprint density at radius 3 is 2.53 bits per heavy atom. The largest absolute Gasteiger partial charge is 0.510 e. The van der Waals surface area contributed by atoms with Gasteiger partial charge < -0.3 is 14.7 Å². The van der Waals surface area contributed by atoms with Gasteiger partial charge in [0.05, 0.1) is 29.5 Å². The molecular formula is C25H25N3O3S. The molecule has 7 heteroatoms. The number of nitrogens with one attached hydrogen (secondary N) is 1. The maximum Gasteiger partial charge on any atom is 0.338 e. The van der Waals surface area contributed by atoms with Crippen LogP contribution < -0.4 is 0 Å². The predicted octanol–water partition coefficient (Wildman–Crippen LogP) is 5.45. The summed E-state index contributed by atoms with van der Waals surface area (Å²) in [6.45, 7) is 6.33. The molecule has 4 rings (SSSR count). The molecule has 1 aliphatic rings. The topological polar surface area (TPSA) is 86.5 Å². The molecule has 1 aliphatic heterocycles. The molecule has 0 unspecified atom stereocenters. The second kappa shape index (κ2) is 8.96. The first-order valence-electron chi connectivity index (χ1n) is 10.4. The lowest BCUT2D eigenvalue weighted by Gasteiger charge is -2.18. The zero-order valence-electron chi connectivity index (χ0n) is 18.3. The summed E-state index contributed by atoms with van der Waals surface area (Å²) in [6, 6.07) is 17.1. The molecule has 1 aromatic heterocycles. The Hall–Kier alpha value is -3.45. The van der Waals surface area contributed by atoms with Crippen LogP contribution in [0.2, 0.25) is 0 Å². The number of nitrogens with zero attached hydrogens (tertiary/aromatic N) is 2. The van der Waals surface area contributed by atoms with Gasteiger partial charge in [0.15, 0.2) is 0 Å². The molecule has 0 bridgehead atoms. The van der Waals surface area contributed by atoms with Gasteiger partial charge in [0.2, 0.25) is 0 Å². The lowest BCUT2D eigenvalue weighted by molar-refractivity contribution is 0.0378. The zero-order valence-corrected chi connectivity index (χ0v) is 19.1. The number of hydrogen-bond acceptors (Lipinski definition) is 6. The highest BCUT2D eigenvalue weighted by atomic mass is 32.1. The van der Waals surface area contributed by atoms with Crippen molar-refractivity contribution in [3.05, 3.63) is 81.4 Å². The number of aliphatic hydroxyl groups excluding tert-OH is 1. The third-order valence-electron chi connectivity index (χ3n) is 5.15. The highest BCUT2D eigenvalue weighted by molar-refractivity contribution is 7.13. The third kappa shape index (κ3) is 4.43. The van der Waals surface area contributed by atoms with Crippen molar-refractivity contribution < 1.29 is 14.6 Å². The molecule has 0 fully saturated rings. The summed E-state index contributed by atoms with van der Waals surface area (Å²) in [6.07, 6.45) is -0.170. The number of thiazole rings is 1. The van der Waals surface area contributed by atoms with Crippen LogP contribution in [0.1, 0.15) is 39.7 Å². The standard InChI is InChI=1S/C25H25N3O3S/c1-15(2)31-25(30)19-11-9-17(10-12-19)13-28-14-20(29)21(23(28)26)24-27-22(16(3)32-24)18-7-5-4-6-8-18/h4-12,15,26,29H,13-14H2,1-3H3. The average molecular weight is 448 g/mol. The first kappa shape index (κ1) is 21.8. The number of ether oxygens (including phenoxy) is 1. The monoisotopic (exact) mass is 447 g/mol. The number of carbonyl (C=O) groups excluding carboxylic acids is 1. The normalized spacial score (nSPS) is 13.9. The van der Waals surface area contributed by atoms with Crippen molar-refractivity contribution in [2.45, 2.75) is 33.4 Å². The van der Waals surface area contributed by atoms with E-state index in [0.717, 1.165) is 21.7 Å². The molecule has 0 radical (unpaired) electrons. The molecule has 32 heavy (non-hydrogen) atoms. The molecule has 0 amide bonds. The average Bonchev–Trinajstić information content (AvgIpc) is 3.27. The number of amidine groups is 1. The summed E-state index contributed by atoms with van der Waals surface area (Å²) in [5.41, 5.74) is 3.81. The predicted molar refractivity (Wildman–Crippen MR) is 127 cm³/mol. The number of aromatic nitrogens is 1. The molecule has 0 atom stereocenters. The van der Waals surface area contributed by atoms with Crippen molar-refractivity contribution in [1.82, 2.24) is 9.88 Å². The Morgan fingerprint density at radius 1 is 1.19 bits per heavy atom. The van der Waals surface area contributed by atoms with Crippen molar-refractivity contribution in [3.63, 3.8) is 0 Å². The summed E-state index contributed by atoms with van der Waals surface area (Å²) < 4.78 is 5.22. The van der Waals surface area contributed by atoms with Crippen LogP contribution >= 0.6 is 11.3 Å². The van der Waals surface area contributed by atoms with E-state index in [1.807, 2.05) is 63.2 Å². The molecule has 2 aromatic carbocycles. The summed E-state index contributed by atoms with van der Waals surface area (Å²) in [4.78, 5) is 19.6. The molecule has 2 heterocycles. The summed E-state index contributed by atoms with van der Waals surface area (Å²) in [5.74, 6) is 0.0510. The van der Waals surface area contributed by atoms with Crippen molar-refractivity contribution in [1.29, 1.82) is 5.41 Å². The van der Waals surface area contributed by atoms with E-state index in [-0.39, 0.29) is 30.2 Å². The van der Waals surface area contributed by atoms with Crippen LogP contribution in [0, 0.1) is 12.3 Å². The molecule has 6 nitrogen and oxygen atoms in total. The maximum atomic E-state index is 12.0. The second-order valence-electron chi connectivity index (χ2n) is 7.97. The van der Waals surface area contributed by atoms with Crippen molar-refractivity contribution >= 4 is 28.7 Å². The SMILES string of the molecule is Cc1sc(C2=C(O)CN(Cc3ccc(C(=O)OC(C)C)cc3)C2=N)nc1-c1ccccc1. The number of hydrogen-bond donors (Lipinski definition) is 2. The van der Waals surface area contributed by atoms with Crippen LogP contribution in [0.5, 0.6) is 0 Å². The van der Waals surface area contributed by atoms with Crippen LogP contribution in [-0.2, 0) is 11.3 Å². The van der Waals surface area contributed by atoms with Gasteiger partial charge in [-0.1, -0.05) is 42.5 Å². The van der Waals surface area contributed by atoms with E-state index in [9.17, 15) is 9.90 Å². The van der Waals surface area contributed by atoms with Gasteiger partial charge in [0.1, 0.15) is 16.6 Å². The molecule has 3 aromatic rings. The first-order valence-corrected chi connectivity index (χ1v) is 11.2.